The highest BCUT2D eigenvalue weighted by atomic mass is 16.5. The van der Waals surface area contributed by atoms with E-state index in [4.69, 9.17) is 13.6 Å². The minimum absolute atomic E-state index is 0.0122. The number of benzene rings is 2. The van der Waals surface area contributed by atoms with Crippen LogP contribution in [0.3, 0.4) is 0 Å². The number of ether oxygens (including phenoxy) is 1. The van der Waals surface area contributed by atoms with Crippen molar-refractivity contribution in [3.8, 4) is 5.75 Å². The van der Waals surface area contributed by atoms with E-state index in [2.05, 4.69) is 0 Å². The van der Waals surface area contributed by atoms with Crippen LogP contribution >= 0.6 is 0 Å². The van der Waals surface area contributed by atoms with Crippen molar-refractivity contribution in [3.63, 3.8) is 0 Å². The number of carbonyl (C=O) groups excluding carboxylic acids is 1. The number of phenolic OH excluding ortho intramolecular Hbond substituents is 1. The van der Waals surface area contributed by atoms with E-state index in [0.717, 1.165) is 22.1 Å². The van der Waals surface area contributed by atoms with Gasteiger partial charge in [-0.3, -0.25) is 4.79 Å². The first kappa shape index (κ1) is 16.9. The van der Waals surface area contributed by atoms with Gasteiger partial charge in [-0.05, 0) is 30.7 Å². The number of carbonyl (C=O) groups is 1. The van der Waals surface area contributed by atoms with Crippen molar-refractivity contribution in [2.75, 3.05) is 0 Å². The zero-order valence-electron chi connectivity index (χ0n) is 14.5. The maximum absolute atomic E-state index is 12.3. The van der Waals surface area contributed by atoms with Crippen LogP contribution in [0.25, 0.3) is 21.9 Å². The molecular weight excluding hydrogens is 348 g/mol. The Morgan fingerprint density at radius 3 is 2.67 bits per heavy atom. The first-order valence-electron chi connectivity index (χ1n) is 8.38. The largest absolute Gasteiger partial charge is 0.508 e. The smallest absolute Gasteiger partial charge is 0.336 e. The van der Waals surface area contributed by atoms with Gasteiger partial charge < -0.3 is 18.7 Å². The SMILES string of the molecule is Cc1ccc2c(CC(=O)OCc3cc(=O)oc4cc(O)ccc34)coc2c1. The van der Waals surface area contributed by atoms with Crippen LogP contribution in [0.15, 0.2) is 62.4 Å². The van der Waals surface area contributed by atoms with E-state index in [-0.39, 0.29) is 24.4 Å². The van der Waals surface area contributed by atoms with Crippen LogP contribution in [0.1, 0.15) is 16.7 Å². The standard InChI is InChI=1S/C21H16O6/c1-12-2-4-16-13(10-25-18(16)6-12)7-20(23)26-11-14-8-21(24)27-19-9-15(22)3-5-17(14)19/h2-6,8-10,22H,7,11H2,1H3. The Labute approximate surface area is 153 Å². The summed E-state index contributed by atoms with van der Waals surface area (Å²) in [5, 5.41) is 11.0. The highest BCUT2D eigenvalue weighted by Gasteiger charge is 2.13. The molecule has 0 fully saturated rings. The van der Waals surface area contributed by atoms with Crippen molar-refractivity contribution in [2.24, 2.45) is 0 Å². The normalized spacial score (nSPS) is 11.1. The molecule has 136 valence electrons. The fraction of sp³-hybridized carbons (Fsp3) is 0.143. The van der Waals surface area contributed by atoms with E-state index in [0.29, 0.717) is 10.9 Å². The lowest BCUT2D eigenvalue weighted by Gasteiger charge is -2.07. The number of esters is 1. The van der Waals surface area contributed by atoms with Crippen LogP contribution in [-0.2, 0) is 22.6 Å². The first-order chi connectivity index (χ1) is 13.0. The summed E-state index contributed by atoms with van der Waals surface area (Å²) >= 11 is 0. The molecule has 0 bridgehead atoms. The molecule has 2 heterocycles. The van der Waals surface area contributed by atoms with Crippen LogP contribution in [0.5, 0.6) is 5.75 Å². The van der Waals surface area contributed by atoms with Gasteiger partial charge in [0.1, 0.15) is 23.5 Å². The lowest BCUT2D eigenvalue weighted by atomic mass is 10.1. The van der Waals surface area contributed by atoms with Gasteiger partial charge in [-0.15, -0.1) is 0 Å². The molecule has 6 nitrogen and oxygen atoms in total. The molecule has 0 saturated heterocycles. The van der Waals surface area contributed by atoms with E-state index in [1.165, 1.54) is 18.2 Å². The predicted octanol–water partition coefficient (Wildman–Crippen LogP) is 3.84. The summed E-state index contributed by atoms with van der Waals surface area (Å²) < 4.78 is 15.9. The van der Waals surface area contributed by atoms with Gasteiger partial charge in [0.2, 0.25) is 0 Å². The third kappa shape index (κ3) is 3.42. The molecule has 4 aromatic rings. The van der Waals surface area contributed by atoms with Crippen LogP contribution in [-0.4, -0.2) is 11.1 Å². The summed E-state index contributed by atoms with van der Waals surface area (Å²) in [7, 11) is 0. The van der Waals surface area contributed by atoms with Gasteiger partial charge in [-0.2, -0.15) is 0 Å². The molecule has 4 rings (SSSR count). The Kier molecular flexibility index (Phi) is 4.16. The van der Waals surface area contributed by atoms with Gasteiger partial charge in [-0.1, -0.05) is 12.1 Å². The molecule has 0 saturated carbocycles. The Morgan fingerprint density at radius 2 is 1.81 bits per heavy atom. The van der Waals surface area contributed by atoms with E-state index in [9.17, 15) is 14.7 Å². The van der Waals surface area contributed by atoms with Gasteiger partial charge in [0.15, 0.2) is 0 Å². The first-order valence-corrected chi connectivity index (χ1v) is 8.38. The number of hydrogen-bond donors (Lipinski definition) is 1. The molecule has 2 aromatic carbocycles. The van der Waals surface area contributed by atoms with Crippen molar-refractivity contribution >= 4 is 27.9 Å². The van der Waals surface area contributed by atoms with Crippen molar-refractivity contribution in [1.82, 2.24) is 0 Å². The quantitative estimate of drug-likeness (QED) is 0.437. The Hall–Kier alpha value is -3.54. The molecule has 0 aliphatic rings. The lowest BCUT2D eigenvalue weighted by molar-refractivity contribution is -0.144. The number of fused-ring (bicyclic) bond motifs is 2. The third-order valence-electron chi connectivity index (χ3n) is 4.35. The highest BCUT2D eigenvalue weighted by molar-refractivity contribution is 5.86. The van der Waals surface area contributed by atoms with Gasteiger partial charge in [0, 0.05) is 34.0 Å². The van der Waals surface area contributed by atoms with Crippen molar-refractivity contribution in [3.05, 3.63) is 75.8 Å². The number of phenols is 1. The van der Waals surface area contributed by atoms with Gasteiger partial charge in [-0.25, -0.2) is 4.79 Å². The Morgan fingerprint density at radius 1 is 1.04 bits per heavy atom. The van der Waals surface area contributed by atoms with Crippen LogP contribution in [0.2, 0.25) is 0 Å². The molecule has 0 aliphatic carbocycles. The zero-order chi connectivity index (χ0) is 19.0. The molecular formula is C21H16O6. The van der Waals surface area contributed by atoms with Crippen molar-refractivity contribution < 1.29 is 23.5 Å². The average Bonchev–Trinajstić information content (AvgIpc) is 3.01. The predicted molar refractivity (Wildman–Crippen MR) is 98.6 cm³/mol. The monoisotopic (exact) mass is 364 g/mol. The molecule has 0 radical (unpaired) electrons. The Bertz CT molecular complexity index is 1210. The lowest BCUT2D eigenvalue weighted by Crippen LogP contribution is -2.09. The van der Waals surface area contributed by atoms with Crippen molar-refractivity contribution in [2.45, 2.75) is 20.0 Å². The molecule has 2 aromatic heterocycles. The summed E-state index contributed by atoms with van der Waals surface area (Å²) in [6.07, 6.45) is 1.62. The number of furan rings is 1. The van der Waals surface area contributed by atoms with E-state index in [1.54, 1.807) is 12.3 Å². The summed E-state index contributed by atoms with van der Waals surface area (Å²) in [5.74, 6) is -0.444. The second-order valence-electron chi connectivity index (χ2n) is 6.37. The summed E-state index contributed by atoms with van der Waals surface area (Å²) in [6, 6.07) is 11.5. The molecule has 0 unspecified atom stereocenters. The molecule has 0 aliphatic heterocycles. The molecule has 0 atom stereocenters. The summed E-state index contributed by atoms with van der Waals surface area (Å²) in [4.78, 5) is 24.0. The van der Waals surface area contributed by atoms with E-state index < -0.39 is 11.6 Å². The molecule has 6 heteroatoms. The van der Waals surface area contributed by atoms with Crippen LogP contribution in [0, 0.1) is 6.92 Å². The number of aromatic hydroxyl groups is 1. The van der Waals surface area contributed by atoms with E-state index >= 15 is 0 Å². The summed E-state index contributed by atoms with van der Waals surface area (Å²) in [6.45, 7) is 1.90. The third-order valence-corrected chi connectivity index (χ3v) is 4.35. The second-order valence-corrected chi connectivity index (χ2v) is 6.37. The second kappa shape index (κ2) is 6.64. The fourth-order valence-corrected chi connectivity index (χ4v) is 3.03. The fourth-order valence-electron chi connectivity index (χ4n) is 3.03. The minimum atomic E-state index is -0.574. The summed E-state index contributed by atoms with van der Waals surface area (Å²) in [5.41, 5.74) is 2.73. The average molecular weight is 364 g/mol. The van der Waals surface area contributed by atoms with Gasteiger partial charge in [0.05, 0.1) is 12.7 Å². The number of aryl methyl sites for hydroxylation is 1. The maximum atomic E-state index is 12.3. The maximum Gasteiger partial charge on any atom is 0.336 e. The topological polar surface area (TPSA) is 89.9 Å². The minimum Gasteiger partial charge on any atom is -0.508 e. The zero-order valence-corrected chi connectivity index (χ0v) is 14.5. The van der Waals surface area contributed by atoms with Crippen LogP contribution < -0.4 is 5.63 Å². The molecule has 0 amide bonds. The number of hydrogen-bond acceptors (Lipinski definition) is 6. The van der Waals surface area contributed by atoms with E-state index in [1.807, 2.05) is 25.1 Å². The van der Waals surface area contributed by atoms with Crippen molar-refractivity contribution in [1.29, 1.82) is 0 Å². The number of rotatable bonds is 4. The van der Waals surface area contributed by atoms with Gasteiger partial charge >= 0.3 is 11.6 Å². The highest BCUT2D eigenvalue weighted by Crippen LogP contribution is 2.24. The Balaban J connectivity index is 1.52. The molecule has 0 spiro atoms. The van der Waals surface area contributed by atoms with Gasteiger partial charge in [0.25, 0.3) is 0 Å². The molecule has 27 heavy (non-hydrogen) atoms. The molecule has 1 N–H and O–H groups in total. The van der Waals surface area contributed by atoms with Crippen LogP contribution in [0.4, 0.5) is 0 Å².